The van der Waals surface area contributed by atoms with Gasteiger partial charge in [-0.3, -0.25) is 0 Å². The van der Waals surface area contributed by atoms with E-state index in [1.807, 2.05) is 0 Å². The quantitative estimate of drug-likeness (QED) is 0.839. The average Bonchev–Trinajstić information content (AvgIpc) is 2.41. The molecular weight excluding hydrogens is 361 g/mol. The number of halogens is 2. The maximum Gasteiger partial charge on any atom is 0.244 e. The van der Waals surface area contributed by atoms with Crippen LogP contribution in [0.2, 0.25) is 0 Å². The third kappa shape index (κ3) is 4.23. The second kappa shape index (κ2) is 6.50. The normalized spacial score (nSPS) is 11.5. The Morgan fingerprint density at radius 3 is 2.81 bits per heavy atom. The van der Waals surface area contributed by atoms with Gasteiger partial charge in [-0.1, -0.05) is 12.1 Å². The molecule has 1 aromatic heterocycles. The lowest BCUT2D eigenvalue weighted by Crippen LogP contribution is -2.27. The molecule has 21 heavy (non-hydrogen) atoms. The van der Waals surface area contributed by atoms with Crippen molar-refractivity contribution < 1.29 is 12.8 Å². The van der Waals surface area contributed by atoms with Crippen molar-refractivity contribution in [3.8, 4) is 0 Å². The van der Waals surface area contributed by atoms with Crippen LogP contribution >= 0.6 is 15.9 Å². The molecule has 0 bridgehead atoms. The molecule has 5 nitrogen and oxygen atoms in total. The summed E-state index contributed by atoms with van der Waals surface area (Å²) in [5.41, 5.74) is 6.28. The molecule has 8 heteroatoms. The summed E-state index contributed by atoms with van der Waals surface area (Å²) in [7, 11) is -3.75. The van der Waals surface area contributed by atoms with E-state index in [0.717, 1.165) is 0 Å². The summed E-state index contributed by atoms with van der Waals surface area (Å²) < 4.78 is 40.2. The molecule has 112 valence electrons. The van der Waals surface area contributed by atoms with E-state index in [-0.39, 0.29) is 23.1 Å². The summed E-state index contributed by atoms with van der Waals surface area (Å²) in [5.74, 6) is -0.424. The number of anilines is 1. The van der Waals surface area contributed by atoms with E-state index in [1.54, 1.807) is 12.1 Å². The first-order chi connectivity index (χ1) is 9.88. The molecule has 2 aromatic rings. The van der Waals surface area contributed by atoms with Crippen LogP contribution in [0.15, 0.2) is 45.9 Å². The van der Waals surface area contributed by atoms with Gasteiger partial charge in [-0.05, 0) is 46.1 Å². The van der Waals surface area contributed by atoms with E-state index in [9.17, 15) is 12.8 Å². The summed E-state index contributed by atoms with van der Waals surface area (Å²) in [6.45, 7) is 0.137. The third-order valence-electron chi connectivity index (χ3n) is 2.73. The largest absolute Gasteiger partial charge is 0.383 e. The Morgan fingerprint density at radius 2 is 2.10 bits per heavy atom. The van der Waals surface area contributed by atoms with Gasteiger partial charge >= 0.3 is 0 Å². The number of sulfonamides is 1. The standard InChI is InChI=1S/C13H13BrFN3O2S/c14-10-7-12(13(16)17-8-10)21(19,20)18-5-4-9-2-1-3-11(15)6-9/h1-3,6-8,18H,4-5H2,(H2,16,17). The van der Waals surface area contributed by atoms with E-state index in [4.69, 9.17) is 5.73 Å². The molecule has 0 saturated heterocycles. The Hall–Kier alpha value is -1.51. The van der Waals surface area contributed by atoms with Gasteiger partial charge in [0.15, 0.2) is 0 Å². The monoisotopic (exact) mass is 373 g/mol. The minimum Gasteiger partial charge on any atom is -0.383 e. The second-order valence-electron chi connectivity index (χ2n) is 4.31. The van der Waals surface area contributed by atoms with Gasteiger partial charge in [0, 0.05) is 17.2 Å². The van der Waals surface area contributed by atoms with Gasteiger partial charge in [0.05, 0.1) is 0 Å². The van der Waals surface area contributed by atoms with Gasteiger partial charge in [0.25, 0.3) is 0 Å². The predicted molar refractivity (Wildman–Crippen MR) is 81.6 cm³/mol. The Morgan fingerprint density at radius 1 is 1.33 bits per heavy atom. The van der Waals surface area contributed by atoms with Crippen molar-refractivity contribution in [2.45, 2.75) is 11.3 Å². The zero-order chi connectivity index (χ0) is 15.5. The maximum absolute atomic E-state index is 13.0. The van der Waals surface area contributed by atoms with Crippen LogP contribution in [0.4, 0.5) is 10.2 Å². The molecular formula is C13H13BrFN3O2S. The first kappa shape index (κ1) is 15.9. The highest BCUT2D eigenvalue weighted by molar-refractivity contribution is 9.10. The summed E-state index contributed by atoms with van der Waals surface area (Å²) >= 11 is 3.15. The lowest BCUT2D eigenvalue weighted by molar-refractivity contribution is 0.581. The molecule has 2 rings (SSSR count). The zero-order valence-corrected chi connectivity index (χ0v) is 13.3. The highest BCUT2D eigenvalue weighted by Crippen LogP contribution is 2.20. The van der Waals surface area contributed by atoms with Crippen LogP contribution in [0, 0.1) is 5.82 Å². The minimum absolute atomic E-state index is 0.0727. The lowest BCUT2D eigenvalue weighted by atomic mass is 10.1. The molecule has 0 amide bonds. The van der Waals surface area contributed by atoms with E-state index in [2.05, 4.69) is 25.6 Å². The lowest BCUT2D eigenvalue weighted by Gasteiger charge is -2.09. The number of pyridine rings is 1. The Labute approximate surface area is 130 Å². The van der Waals surface area contributed by atoms with E-state index in [1.165, 1.54) is 24.4 Å². The fourth-order valence-corrected chi connectivity index (χ4v) is 3.37. The SMILES string of the molecule is Nc1ncc(Br)cc1S(=O)(=O)NCCc1cccc(F)c1. The smallest absolute Gasteiger partial charge is 0.244 e. The molecule has 0 saturated carbocycles. The Kier molecular flexibility index (Phi) is 4.92. The van der Waals surface area contributed by atoms with Crippen molar-refractivity contribution in [1.82, 2.24) is 9.71 Å². The molecule has 0 aliphatic rings. The molecule has 1 aromatic carbocycles. The van der Waals surface area contributed by atoms with Crippen molar-refractivity contribution in [3.05, 3.63) is 52.4 Å². The van der Waals surface area contributed by atoms with Crippen LogP contribution in [0.1, 0.15) is 5.56 Å². The molecule has 0 aliphatic carbocycles. The molecule has 0 unspecified atom stereocenters. The first-order valence-electron chi connectivity index (χ1n) is 6.03. The second-order valence-corrected chi connectivity index (χ2v) is 6.97. The molecule has 0 radical (unpaired) electrons. The molecule has 0 fully saturated rings. The number of rotatable bonds is 5. The minimum atomic E-state index is -3.75. The van der Waals surface area contributed by atoms with E-state index >= 15 is 0 Å². The van der Waals surface area contributed by atoms with Crippen molar-refractivity contribution in [2.24, 2.45) is 0 Å². The summed E-state index contributed by atoms with van der Waals surface area (Å²) in [5, 5.41) is 0. The number of nitrogen functional groups attached to an aromatic ring is 1. The van der Waals surface area contributed by atoms with Crippen LogP contribution in [0.25, 0.3) is 0 Å². The Bertz CT molecular complexity index is 753. The fourth-order valence-electron chi connectivity index (χ4n) is 1.75. The third-order valence-corrected chi connectivity index (χ3v) is 4.66. The highest BCUT2D eigenvalue weighted by atomic mass is 79.9. The number of hydrogen-bond acceptors (Lipinski definition) is 4. The topological polar surface area (TPSA) is 85.1 Å². The number of hydrogen-bond donors (Lipinski definition) is 2. The van der Waals surface area contributed by atoms with Crippen LogP contribution in [0.5, 0.6) is 0 Å². The summed E-state index contributed by atoms with van der Waals surface area (Å²) in [6.07, 6.45) is 1.79. The fraction of sp³-hybridized carbons (Fsp3) is 0.154. The highest BCUT2D eigenvalue weighted by Gasteiger charge is 2.18. The van der Waals surface area contributed by atoms with Crippen molar-refractivity contribution >= 4 is 31.8 Å². The van der Waals surface area contributed by atoms with Crippen LogP contribution in [0.3, 0.4) is 0 Å². The number of benzene rings is 1. The van der Waals surface area contributed by atoms with Crippen molar-refractivity contribution in [1.29, 1.82) is 0 Å². The van der Waals surface area contributed by atoms with Crippen LogP contribution in [-0.2, 0) is 16.4 Å². The van der Waals surface area contributed by atoms with E-state index < -0.39 is 10.0 Å². The molecule has 0 spiro atoms. The number of nitrogens with two attached hydrogens (primary N) is 1. The van der Waals surface area contributed by atoms with Crippen LogP contribution < -0.4 is 10.5 Å². The number of nitrogens with one attached hydrogen (secondary N) is 1. The zero-order valence-electron chi connectivity index (χ0n) is 10.9. The molecule has 0 atom stereocenters. The molecule has 3 N–H and O–H groups in total. The van der Waals surface area contributed by atoms with Gasteiger partial charge in [0.1, 0.15) is 16.5 Å². The number of aromatic nitrogens is 1. The van der Waals surface area contributed by atoms with Gasteiger partial charge < -0.3 is 5.73 Å². The predicted octanol–water partition coefficient (Wildman–Crippen LogP) is 2.09. The maximum atomic E-state index is 13.0. The summed E-state index contributed by atoms with van der Waals surface area (Å²) in [6, 6.07) is 7.39. The van der Waals surface area contributed by atoms with Crippen LogP contribution in [-0.4, -0.2) is 19.9 Å². The van der Waals surface area contributed by atoms with Gasteiger partial charge in [-0.2, -0.15) is 0 Å². The first-order valence-corrected chi connectivity index (χ1v) is 8.31. The van der Waals surface area contributed by atoms with Gasteiger partial charge in [-0.25, -0.2) is 22.5 Å². The summed E-state index contributed by atoms with van der Waals surface area (Å²) in [4.78, 5) is 3.70. The molecule has 1 heterocycles. The van der Waals surface area contributed by atoms with E-state index in [0.29, 0.717) is 16.5 Å². The van der Waals surface area contributed by atoms with Crippen molar-refractivity contribution in [3.63, 3.8) is 0 Å². The van der Waals surface area contributed by atoms with Gasteiger partial charge in [0.2, 0.25) is 10.0 Å². The van der Waals surface area contributed by atoms with Crippen molar-refractivity contribution in [2.75, 3.05) is 12.3 Å². The Balaban J connectivity index is 2.06. The average molecular weight is 374 g/mol. The number of nitrogens with zero attached hydrogens (tertiary/aromatic N) is 1. The molecule has 0 aliphatic heterocycles. The van der Waals surface area contributed by atoms with Gasteiger partial charge in [-0.15, -0.1) is 0 Å².